The molecule has 0 aliphatic heterocycles. The highest BCUT2D eigenvalue weighted by molar-refractivity contribution is 6.31. The molecule has 0 spiro atoms. The van der Waals surface area contributed by atoms with E-state index in [1.54, 1.807) is 18.2 Å². The molecule has 0 saturated carbocycles. The first-order valence-electron chi connectivity index (χ1n) is 6.60. The molecule has 0 radical (unpaired) electrons. The van der Waals surface area contributed by atoms with Crippen LogP contribution in [0.3, 0.4) is 0 Å². The fourth-order valence-corrected chi connectivity index (χ4v) is 1.86. The van der Waals surface area contributed by atoms with Crippen LogP contribution in [0, 0.1) is 0 Å². The highest BCUT2D eigenvalue weighted by Crippen LogP contribution is 2.25. The van der Waals surface area contributed by atoms with Crippen LogP contribution in [0.2, 0.25) is 5.02 Å². The minimum absolute atomic E-state index is 0.0810. The highest BCUT2D eigenvalue weighted by atomic mass is 35.5. The summed E-state index contributed by atoms with van der Waals surface area (Å²) in [5.41, 5.74) is 0.468. The van der Waals surface area contributed by atoms with E-state index < -0.39 is 0 Å². The molecule has 0 aromatic heterocycles. The van der Waals surface area contributed by atoms with Crippen LogP contribution in [-0.2, 0) is 9.53 Å². The van der Waals surface area contributed by atoms with E-state index in [0.29, 0.717) is 29.4 Å². The zero-order valence-corrected chi connectivity index (χ0v) is 12.5. The molecule has 4 nitrogen and oxygen atoms in total. The molecule has 0 N–H and O–H groups in total. The number of halogens is 1. The Hall–Kier alpha value is -1.55. The summed E-state index contributed by atoms with van der Waals surface area (Å²) in [5.74, 6) is 0.146. The maximum absolute atomic E-state index is 12.2. The molecule has 0 amide bonds. The number of carbonyl (C=O) groups is 2. The van der Waals surface area contributed by atoms with Crippen molar-refractivity contribution >= 4 is 23.4 Å². The summed E-state index contributed by atoms with van der Waals surface area (Å²) in [4.78, 5) is 23.2. The van der Waals surface area contributed by atoms with Crippen molar-refractivity contribution in [3.8, 4) is 5.75 Å². The van der Waals surface area contributed by atoms with Crippen LogP contribution in [0.4, 0.5) is 0 Å². The molecule has 1 aromatic carbocycles. The number of hydrogen-bond acceptors (Lipinski definition) is 4. The van der Waals surface area contributed by atoms with Crippen molar-refractivity contribution in [3.63, 3.8) is 0 Å². The van der Waals surface area contributed by atoms with Crippen LogP contribution < -0.4 is 4.74 Å². The Morgan fingerprint density at radius 1 is 1.25 bits per heavy atom. The van der Waals surface area contributed by atoms with Gasteiger partial charge in [-0.15, -0.1) is 0 Å². The lowest BCUT2D eigenvalue weighted by Gasteiger charge is -2.10. The quantitative estimate of drug-likeness (QED) is 0.543. The van der Waals surface area contributed by atoms with Crippen molar-refractivity contribution in [1.82, 2.24) is 0 Å². The second kappa shape index (κ2) is 8.59. The monoisotopic (exact) mass is 298 g/mol. The van der Waals surface area contributed by atoms with E-state index in [9.17, 15) is 9.59 Å². The van der Waals surface area contributed by atoms with Crippen LogP contribution >= 0.6 is 11.6 Å². The molecular formula is C15H19ClO4. The molecule has 1 aromatic rings. The topological polar surface area (TPSA) is 52.6 Å². The third-order valence-electron chi connectivity index (χ3n) is 2.72. The van der Waals surface area contributed by atoms with E-state index in [4.69, 9.17) is 16.3 Å². The van der Waals surface area contributed by atoms with Gasteiger partial charge in [0.1, 0.15) is 5.75 Å². The predicted molar refractivity (Wildman–Crippen MR) is 77.4 cm³/mol. The Morgan fingerprint density at radius 3 is 2.65 bits per heavy atom. The molecule has 0 aliphatic rings. The fourth-order valence-electron chi connectivity index (χ4n) is 1.69. The van der Waals surface area contributed by atoms with Crippen LogP contribution in [0.15, 0.2) is 18.2 Å². The zero-order chi connectivity index (χ0) is 15.0. The highest BCUT2D eigenvalue weighted by Gasteiger charge is 2.14. The zero-order valence-electron chi connectivity index (χ0n) is 11.8. The number of carbonyl (C=O) groups excluding carboxylic acids is 2. The van der Waals surface area contributed by atoms with Gasteiger partial charge in [-0.2, -0.15) is 0 Å². The lowest BCUT2D eigenvalue weighted by molar-refractivity contribution is -0.140. The number of esters is 1. The van der Waals surface area contributed by atoms with Crippen LogP contribution in [-0.4, -0.2) is 25.5 Å². The van der Waals surface area contributed by atoms with Crippen molar-refractivity contribution in [1.29, 1.82) is 0 Å². The molecule has 0 fully saturated rings. The summed E-state index contributed by atoms with van der Waals surface area (Å²) in [6, 6.07) is 5.00. The number of methoxy groups -OCH3 is 1. The standard InChI is InChI=1S/C15H19ClO4/c1-3-9-20-14-8-7-11(16)10-12(14)13(17)5-4-6-15(18)19-2/h7-8,10H,3-6,9H2,1-2H3. The smallest absolute Gasteiger partial charge is 0.305 e. The molecule has 0 heterocycles. The van der Waals surface area contributed by atoms with Gasteiger partial charge in [-0.25, -0.2) is 0 Å². The maximum atomic E-state index is 12.2. The van der Waals surface area contributed by atoms with E-state index in [0.717, 1.165) is 6.42 Å². The van der Waals surface area contributed by atoms with Crippen LogP contribution in [0.5, 0.6) is 5.75 Å². The third kappa shape index (κ3) is 5.21. The molecule has 0 atom stereocenters. The van der Waals surface area contributed by atoms with Gasteiger partial charge in [0.25, 0.3) is 0 Å². The van der Waals surface area contributed by atoms with E-state index in [1.807, 2.05) is 6.92 Å². The number of ketones is 1. The molecule has 0 saturated heterocycles. The normalized spacial score (nSPS) is 10.2. The number of hydrogen-bond donors (Lipinski definition) is 0. The summed E-state index contributed by atoms with van der Waals surface area (Å²) in [7, 11) is 1.33. The largest absolute Gasteiger partial charge is 0.493 e. The minimum atomic E-state index is -0.314. The first kappa shape index (κ1) is 16.5. The molecule has 0 unspecified atom stereocenters. The lowest BCUT2D eigenvalue weighted by atomic mass is 10.0. The number of Topliss-reactive ketones (excluding diaryl/α,β-unsaturated/α-hetero) is 1. The maximum Gasteiger partial charge on any atom is 0.305 e. The van der Waals surface area contributed by atoms with Crippen molar-refractivity contribution in [2.24, 2.45) is 0 Å². The summed E-state index contributed by atoms with van der Waals surface area (Å²) in [6.07, 6.45) is 1.80. The molecule has 5 heteroatoms. The summed E-state index contributed by atoms with van der Waals surface area (Å²) < 4.78 is 10.1. The van der Waals surface area contributed by atoms with Gasteiger partial charge in [0, 0.05) is 17.9 Å². The Morgan fingerprint density at radius 2 is 2.00 bits per heavy atom. The first-order chi connectivity index (χ1) is 9.58. The Balaban J connectivity index is 2.69. The predicted octanol–water partition coefficient (Wildman–Crippen LogP) is 3.65. The molecule has 110 valence electrons. The number of benzene rings is 1. The van der Waals surface area contributed by atoms with E-state index >= 15 is 0 Å². The van der Waals surface area contributed by atoms with E-state index in [1.165, 1.54) is 7.11 Å². The van der Waals surface area contributed by atoms with Gasteiger partial charge < -0.3 is 9.47 Å². The fraction of sp³-hybridized carbons (Fsp3) is 0.467. The summed E-state index contributed by atoms with van der Waals surface area (Å²) in [6.45, 7) is 2.54. The summed E-state index contributed by atoms with van der Waals surface area (Å²) >= 11 is 5.92. The summed E-state index contributed by atoms with van der Waals surface area (Å²) in [5, 5.41) is 0.491. The molecule has 20 heavy (non-hydrogen) atoms. The number of ether oxygens (including phenoxy) is 2. The first-order valence-corrected chi connectivity index (χ1v) is 6.98. The van der Waals surface area contributed by atoms with Crippen LogP contribution in [0.25, 0.3) is 0 Å². The second-order valence-corrected chi connectivity index (χ2v) is 4.78. The van der Waals surface area contributed by atoms with E-state index in [-0.39, 0.29) is 24.6 Å². The lowest BCUT2D eigenvalue weighted by Crippen LogP contribution is -2.06. The van der Waals surface area contributed by atoms with Crippen LogP contribution in [0.1, 0.15) is 43.0 Å². The van der Waals surface area contributed by atoms with Gasteiger partial charge >= 0.3 is 5.97 Å². The molecular weight excluding hydrogens is 280 g/mol. The van der Waals surface area contributed by atoms with Gasteiger partial charge in [0.2, 0.25) is 0 Å². The van der Waals surface area contributed by atoms with Gasteiger partial charge in [0.15, 0.2) is 5.78 Å². The number of rotatable bonds is 8. The Labute approximate surface area is 124 Å². The van der Waals surface area contributed by atoms with Crippen molar-refractivity contribution in [2.45, 2.75) is 32.6 Å². The second-order valence-electron chi connectivity index (χ2n) is 4.34. The third-order valence-corrected chi connectivity index (χ3v) is 2.95. The Bertz CT molecular complexity index is 471. The van der Waals surface area contributed by atoms with Crippen molar-refractivity contribution in [3.05, 3.63) is 28.8 Å². The molecule has 1 rings (SSSR count). The van der Waals surface area contributed by atoms with Gasteiger partial charge in [0.05, 0.1) is 19.3 Å². The molecule has 0 aliphatic carbocycles. The minimum Gasteiger partial charge on any atom is -0.493 e. The molecule has 0 bridgehead atoms. The average molecular weight is 299 g/mol. The average Bonchev–Trinajstić information content (AvgIpc) is 2.45. The van der Waals surface area contributed by atoms with Crippen molar-refractivity contribution < 1.29 is 19.1 Å². The SMILES string of the molecule is CCCOc1ccc(Cl)cc1C(=O)CCCC(=O)OC. The van der Waals surface area contributed by atoms with E-state index in [2.05, 4.69) is 4.74 Å². The van der Waals surface area contributed by atoms with Gasteiger partial charge in [-0.3, -0.25) is 9.59 Å². The van der Waals surface area contributed by atoms with Gasteiger partial charge in [-0.1, -0.05) is 18.5 Å². The van der Waals surface area contributed by atoms with Crippen molar-refractivity contribution in [2.75, 3.05) is 13.7 Å². The Kier molecular flexibility index (Phi) is 7.09. The van der Waals surface area contributed by atoms with Gasteiger partial charge in [-0.05, 0) is 31.0 Å².